The van der Waals surface area contributed by atoms with Crippen molar-refractivity contribution in [2.45, 2.75) is 0 Å². The molecule has 0 aliphatic heterocycles. The number of nitrogens with zero attached hydrogens (tertiary/aromatic N) is 2. The monoisotopic (exact) mass is 421 g/mol. The molecule has 1 aromatic carbocycles. The Morgan fingerprint density at radius 3 is 2.84 bits per heavy atom. The normalized spacial score (nSPS) is 10.9. The zero-order valence-electron chi connectivity index (χ0n) is 9.32. The van der Waals surface area contributed by atoms with Crippen molar-refractivity contribution < 1.29 is 0 Å². The smallest absolute Gasteiger partial charge is 0.225 e. The molecule has 0 saturated carbocycles. The first-order chi connectivity index (χ1) is 9.13. The molecule has 3 nitrogen and oxygen atoms in total. The molecular formula is C12H6Cl2IN3S. The van der Waals surface area contributed by atoms with Gasteiger partial charge in [-0.05, 0) is 63.8 Å². The fourth-order valence-electron chi connectivity index (χ4n) is 1.65. The number of hydrogen-bond donors (Lipinski definition) is 1. The van der Waals surface area contributed by atoms with Crippen molar-refractivity contribution in [2.75, 3.05) is 5.32 Å². The Labute approximate surface area is 137 Å². The standard InChI is InChI=1S/C12H6Cl2IN3S/c13-8-2-1-6(15)5-9(8)16-10-7-3-4-19-11(7)18-12(14)17-10/h1-5H,(H,16,17,18). The third-order valence-electron chi connectivity index (χ3n) is 2.48. The van der Waals surface area contributed by atoms with Crippen LogP contribution in [0.1, 0.15) is 0 Å². The van der Waals surface area contributed by atoms with Crippen LogP contribution >= 0.6 is 57.1 Å². The van der Waals surface area contributed by atoms with E-state index in [1.807, 2.05) is 29.6 Å². The Kier molecular flexibility index (Phi) is 3.79. The van der Waals surface area contributed by atoms with Crippen LogP contribution in [0.3, 0.4) is 0 Å². The number of anilines is 2. The van der Waals surface area contributed by atoms with Gasteiger partial charge in [0.15, 0.2) is 0 Å². The van der Waals surface area contributed by atoms with Crippen molar-refractivity contribution in [1.29, 1.82) is 0 Å². The van der Waals surface area contributed by atoms with E-state index in [4.69, 9.17) is 23.2 Å². The Morgan fingerprint density at radius 1 is 1.16 bits per heavy atom. The van der Waals surface area contributed by atoms with Gasteiger partial charge in [0.25, 0.3) is 0 Å². The summed E-state index contributed by atoms with van der Waals surface area (Å²) < 4.78 is 1.09. The average molecular weight is 422 g/mol. The van der Waals surface area contributed by atoms with Gasteiger partial charge in [-0.3, -0.25) is 0 Å². The first-order valence-corrected chi connectivity index (χ1v) is 7.98. The van der Waals surface area contributed by atoms with Gasteiger partial charge in [0, 0.05) is 3.57 Å². The third-order valence-corrected chi connectivity index (χ3v) is 4.46. The van der Waals surface area contributed by atoms with Crippen molar-refractivity contribution in [2.24, 2.45) is 0 Å². The van der Waals surface area contributed by atoms with Crippen LogP contribution in [0.25, 0.3) is 10.2 Å². The van der Waals surface area contributed by atoms with Gasteiger partial charge in [0.2, 0.25) is 5.28 Å². The highest BCUT2D eigenvalue weighted by atomic mass is 127. The summed E-state index contributed by atoms with van der Waals surface area (Å²) in [5.74, 6) is 0.667. The lowest BCUT2D eigenvalue weighted by atomic mass is 10.3. The van der Waals surface area contributed by atoms with Crippen molar-refractivity contribution >= 4 is 78.9 Å². The maximum Gasteiger partial charge on any atom is 0.225 e. The maximum absolute atomic E-state index is 6.17. The van der Waals surface area contributed by atoms with Crippen LogP contribution in [-0.2, 0) is 0 Å². The summed E-state index contributed by atoms with van der Waals surface area (Å²) in [6.07, 6.45) is 0. The van der Waals surface area contributed by atoms with Crippen LogP contribution in [0.4, 0.5) is 11.5 Å². The van der Waals surface area contributed by atoms with Gasteiger partial charge in [-0.2, -0.15) is 4.98 Å². The molecule has 2 aromatic heterocycles. The molecule has 2 heterocycles. The first-order valence-electron chi connectivity index (χ1n) is 5.26. The lowest BCUT2D eigenvalue weighted by molar-refractivity contribution is 1.23. The number of thiophene rings is 1. The minimum absolute atomic E-state index is 0.221. The number of benzene rings is 1. The molecule has 0 spiro atoms. The van der Waals surface area contributed by atoms with E-state index in [0.717, 1.165) is 19.5 Å². The summed E-state index contributed by atoms with van der Waals surface area (Å²) in [4.78, 5) is 9.26. The van der Waals surface area contributed by atoms with Crippen molar-refractivity contribution in [3.8, 4) is 0 Å². The van der Waals surface area contributed by atoms with Gasteiger partial charge in [-0.1, -0.05) is 11.6 Å². The van der Waals surface area contributed by atoms with Crippen LogP contribution in [0.2, 0.25) is 10.3 Å². The number of nitrogens with one attached hydrogen (secondary N) is 1. The number of fused-ring (bicyclic) bond motifs is 1. The highest BCUT2D eigenvalue weighted by Crippen LogP contribution is 2.32. The lowest BCUT2D eigenvalue weighted by Gasteiger charge is -2.09. The molecule has 0 amide bonds. The fourth-order valence-corrected chi connectivity index (χ4v) is 3.28. The number of hydrogen-bond acceptors (Lipinski definition) is 4. The van der Waals surface area contributed by atoms with Gasteiger partial charge >= 0.3 is 0 Å². The highest BCUT2D eigenvalue weighted by molar-refractivity contribution is 14.1. The molecule has 0 unspecified atom stereocenters. The molecule has 1 N–H and O–H groups in total. The van der Waals surface area contributed by atoms with Gasteiger partial charge in [0.1, 0.15) is 10.6 Å². The summed E-state index contributed by atoms with van der Waals surface area (Å²) in [7, 11) is 0. The van der Waals surface area contributed by atoms with Crippen LogP contribution in [-0.4, -0.2) is 9.97 Å². The Morgan fingerprint density at radius 2 is 2.00 bits per heavy atom. The molecule has 0 fully saturated rings. The van der Waals surface area contributed by atoms with Crippen LogP contribution < -0.4 is 5.32 Å². The number of aromatic nitrogens is 2. The molecule has 3 aromatic rings. The molecular weight excluding hydrogens is 416 g/mol. The average Bonchev–Trinajstić information content (AvgIpc) is 2.82. The third kappa shape index (κ3) is 2.79. The summed E-state index contributed by atoms with van der Waals surface area (Å²) in [6, 6.07) is 7.71. The SMILES string of the molecule is Clc1nc(Nc2cc(I)ccc2Cl)c2ccsc2n1. The molecule has 7 heteroatoms. The van der Waals surface area contributed by atoms with Crippen molar-refractivity contribution in [3.63, 3.8) is 0 Å². The molecule has 0 radical (unpaired) electrons. The molecule has 0 bridgehead atoms. The second kappa shape index (κ2) is 5.40. The van der Waals surface area contributed by atoms with Gasteiger partial charge in [-0.15, -0.1) is 11.3 Å². The van der Waals surface area contributed by atoms with Gasteiger partial charge in [0.05, 0.1) is 16.1 Å². The molecule has 3 rings (SSSR count). The zero-order valence-corrected chi connectivity index (χ0v) is 13.8. The largest absolute Gasteiger partial charge is 0.338 e. The summed E-state index contributed by atoms with van der Waals surface area (Å²) in [5, 5.41) is 6.97. The summed E-state index contributed by atoms with van der Waals surface area (Å²) >= 11 is 15.9. The van der Waals surface area contributed by atoms with Crippen LogP contribution in [0.5, 0.6) is 0 Å². The fraction of sp³-hybridized carbons (Fsp3) is 0. The molecule has 0 aliphatic rings. The molecule has 0 saturated heterocycles. The second-order valence-electron chi connectivity index (χ2n) is 3.73. The zero-order chi connectivity index (χ0) is 13.4. The minimum atomic E-state index is 0.221. The van der Waals surface area contributed by atoms with E-state index in [1.165, 1.54) is 11.3 Å². The Bertz CT molecular complexity index is 760. The summed E-state index contributed by atoms with van der Waals surface area (Å²) in [6.45, 7) is 0. The van der Waals surface area contributed by atoms with E-state index < -0.39 is 0 Å². The van der Waals surface area contributed by atoms with E-state index in [1.54, 1.807) is 0 Å². The van der Waals surface area contributed by atoms with E-state index in [2.05, 4.69) is 37.9 Å². The van der Waals surface area contributed by atoms with Gasteiger partial charge < -0.3 is 5.32 Å². The van der Waals surface area contributed by atoms with Crippen LogP contribution in [0.15, 0.2) is 29.6 Å². The first kappa shape index (κ1) is 13.4. The van der Waals surface area contributed by atoms with E-state index in [9.17, 15) is 0 Å². The predicted molar refractivity (Wildman–Crippen MR) is 89.9 cm³/mol. The molecule has 0 aliphatic carbocycles. The second-order valence-corrected chi connectivity index (χ2v) is 6.62. The van der Waals surface area contributed by atoms with E-state index in [-0.39, 0.29) is 5.28 Å². The lowest BCUT2D eigenvalue weighted by Crippen LogP contribution is -1.97. The molecule has 0 atom stereocenters. The van der Waals surface area contributed by atoms with Crippen molar-refractivity contribution in [3.05, 3.63) is 43.5 Å². The quantitative estimate of drug-likeness (QED) is 0.447. The van der Waals surface area contributed by atoms with Crippen LogP contribution in [0, 0.1) is 3.57 Å². The Hall–Kier alpha value is -0.630. The summed E-state index contributed by atoms with van der Waals surface area (Å²) in [5.41, 5.74) is 0.802. The Balaban J connectivity index is 2.10. The number of rotatable bonds is 2. The van der Waals surface area contributed by atoms with Gasteiger partial charge in [-0.25, -0.2) is 4.98 Å². The van der Waals surface area contributed by atoms with E-state index in [0.29, 0.717) is 10.8 Å². The molecule has 96 valence electrons. The van der Waals surface area contributed by atoms with E-state index >= 15 is 0 Å². The minimum Gasteiger partial charge on any atom is -0.338 e. The highest BCUT2D eigenvalue weighted by Gasteiger charge is 2.10. The number of halogens is 3. The maximum atomic E-state index is 6.17. The topological polar surface area (TPSA) is 37.8 Å². The molecule has 19 heavy (non-hydrogen) atoms. The van der Waals surface area contributed by atoms with Crippen molar-refractivity contribution in [1.82, 2.24) is 9.97 Å². The predicted octanol–water partition coefficient (Wildman–Crippen LogP) is 5.35.